The molecule has 4 saturated carbocycles. The Morgan fingerprint density at radius 3 is 2.15 bits per heavy atom. The third kappa shape index (κ3) is 1.60. The molecule has 4 nitrogen and oxygen atoms in total. The van der Waals surface area contributed by atoms with Crippen molar-refractivity contribution in [1.82, 2.24) is 9.55 Å². The molecular formula is C16H22N2O2. The van der Waals surface area contributed by atoms with E-state index in [4.69, 9.17) is 0 Å². The second-order valence-corrected chi connectivity index (χ2v) is 7.23. The molecule has 1 heterocycles. The SMILES string of the molecule is Cc1c(C2C3CC4CC(C3)CC2C4)nc(C(=O)O)n1C. The molecule has 0 unspecified atom stereocenters. The second kappa shape index (κ2) is 4.09. The monoisotopic (exact) mass is 274 g/mol. The summed E-state index contributed by atoms with van der Waals surface area (Å²) in [4.78, 5) is 15.8. The predicted octanol–water partition coefficient (Wildman–Crippen LogP) is 2.97. The van der Waals surface area contributed by atoms with Crippen molar-refractivity contribution in [2.75, 3.05) is 0 Å². The van der Waals surface area contributed by atoms with E-state index in [0.29, 0.717) is 5.92 Å². The van der Waals surface area contributed by atoms with Crippen molar-refractivity contribution in [3.8, 4) is 0 Å². The maximum absolute atomic E-state index is 11.3. The van der Waals surface area contributed by atoms with Crippen LogP contribution in [-0.2, 0) is 7.05 Å². The summed E-state index contributed by atoms with van der Waals surface area (Å²) in [5.41, 5.74) is 2.14. The number of imidazole rings is 1. The van der Waals surface area contributed by atoms with Gasteiger partial charge in [0, 0.05) is 18.7 Å². The summed E-state index contributed by atoms with van der Waals surface area (Å²) in [6, 6.07) is 0. The molecule has 4 bridgehead atoms. The molecule has 1 aromatic heterocycles. The number of rotatable bonds is 2. The molecular weight excluding hydrogens is 252 g/mol. The number of hydrogen-bond donors (Lipinski definition) is 1. The summed E-state index contributed by atoms with van der Waals surface area (Å²) in [5.74, 6) is 3.19. The first-order valence-corrected chi connectivity index (χ1v) is 7.81. The van der Waals surface area contributed by atoms with Crippen LogP contribution in [0.5, 0.6) is 0 Å². The van der Waals surface area contributed by atoms with E-state index in [-0.39, 0.29) is 5.82 Å². The van der Waals surface area contributed by atoms with E-state index in [9.17, 15) is 9.90 Å². The topological polar surface area (TPSA) is 55.1 Å². The van der Waals surface area contributed by atoms with Gasteiger partial charge in [-0.15, -0.1) is 0 Å². The van der Waals surface area contributed by atoms with Gasteiger partial charge in [-0.1, -0.05) is 0 Å². The normalized spacial score (nSPS) is 38.4. The number of aromatic carboxylic acids is 1. The zero-order chi connectivity index (χ0) is 14.0. The Kier molecular flexibility index (Phi) is 2.54. The minimum atomic E-state index is -0.911. The van der Waals surface area contributed by atoms with E-state index in [1.165, 1.54) is 32.1 Å². The predicted molar refractivity (Wildman–Crippen MR) is 74.7 cm³/mol. The first kappa shape index (κ1) is 12.4. The summed E-state index contributed by atoms with van der Waals surface area (Å²) in [6.07, 6.45) is 6.82. The second-order valence-electron chi connectivity index (χ2n) is 7.23. The standard InChI is InChI=1S/C16H22N2O2/c1-8-14(17-15(16(19)20)18(8)2)13-11-4-9-3-10(6-11)7-12(13)5-9/h9-13H,3-7H2,1-2H3,(H,19,20). The fraction of sp³-hybridized carbons (Fsp3) is 0.750. The van der Waals surface area contributed by atoms with Gasteiger partial charge in [0.25, 0.3) is 0 Å². The van der Waals surface area contributed by atoms with Crippen molar-refractivity contribution in [3.63, 3.8) is 0 Å². The Bertz CT molecular complexity index is 547. The molecule has 1 aromatic rings. The van der Waals surface area contributed by atoms with Crippen molar-refractivity contribution >= 4 is 5.97 Å². The Hall–Kier alpha value is -1.32. The van der Waals surface area contributed by atoms with E-state index < -0.39 is 5.97 Å². The van der Waals surface area contributed by atoms with Crippen LogP contribution in [0.15, 0.2) is 0 Å². The number of nitrogens with zero attached hydrogens (tertiary/aromatic N) is 2. The molecule has 4 aliphatic rings. The van der Waals surface area contributed by atoms with Crippen LogP contribution in [0.2, 0.25) is 0 Å². The van der Waals surface area contributed by atoms with Crippen LogP contribution in [0, 0.1) is 30.6 Å². The van der Waals surface area contributed by atoms with Gasteiger partial charge in [0.1, 0.15) is 0 Å². The first-order chi connectivity index (χ1) is 9.54. The van der Waals surface area contributed by atoms with Crippen molar-refractivity contribution in [1.29, 1.82) is 0 Å². The van der Waals surface area contributed by atoms with Crippen molar-refractivity contribution in [3.05, 3.63) is 17.2 Å². The zero-order valence-corrected chi connectivity index (χ0v) is 12.2. The molecule has 4 aliphatic carbocycles. The maximum Gasteiger partial charge on any atom is 0.372 e. The van der Waals surface area contributed by atoms with Gasteiger partial charge >= 0.3 is 5.97 Å². The van der Waals surface area contributed by atoms with Gasteiger partial charge in [-0.2, -0.15) is 0 Å². The van der Waals surface area contributed by atoms with Gasteiger partial charge < -0.3 is 9.67 Å². The smallest absolute Gasteiger partial charge is 0.372 e. The molecule has 0 spiro atoms. The number of carboxylic acid groups (broad SMARTS) is 1. The highest BCUT2D eigenvalue weighted by Gasteiger charge is 2.50. The van der Waals surface area contributed by atoms with Crippen LogP contribution < -0.4 is 0 Å². The third-order valence-electron chi connectivity index (χ3n) is 6.15. The van der Waals surface area contributed by atoms with E-state index in [1.807, 2.05) is 14.0 Å². The van der Waals surface area contributed by atoms with Gasteiger partial charge in [0.15, 0.2) is 0 Å². The van der Waals surface area contributed by atoms with Crippen molar-refractivity contribution in [2.45, 2.75) is 44.9 Å². The van der Waals surface area contributed by atoms with Crippen LogP contribution in [0.3, 0.4) is 0 Å². The molecule has 4 heteroatoms. The molecule has 0 saturated heterocycles. The van der Waals surface area contributed by atoms with E-state index in [2.05, 4.69) is 4.98 Å². The summed E-state index contributed by atoms with van der Waals surface area (Å²) < 4.78 is 1.75. The van der Waals surface area contributed by atoms with Gasteiger partial charge in [-0.3, -0.25) is 0 Å². The van der Waals surface area contributed by atoms with Crippen LogP contribution >= 0.6 is 0 Å². The lowest BCUT2D eigenvalue weighted by Gasteiger charge is -2.54. The van der Waals surface area contributed by atoms with Crippen LogP contribution in [-0.4, -0.2) is 20.6 Å². The molecule has 5 rings (SSSR count). The number of carbonyl (C=O) groups is 1. The highest BCUT2D eigenvalue weighted by Crippen LogP contribution is 2.59. The quantitative estimate of drug-likeness (QED) is 0.902. The number of hydrogen-bond acceptors (Lipinski definition) is 2. The minimum absolute atomic E-state index is 0.200. The Labute approximate surface area is 119 Å². The molecule has 4 fully saturated rings. The average Bonchev–Trinajstić information content (AvgIpc) is 2.66. The van der Waals surface area contributed by atoms with E-state index in [0.717, 1.165) is 35.1 Å². The van der Waals surface area contributed by atoms with E-state index in [1.54, 1.807) is 4.57 Å². The first-order valence-electron chi connectivity index (χ1n) is 7.81. The van der Waals surface area contributed by atoms with Crippen LogP contribution in [0.4, 0.5) is 0 Å². The van der Waals surface area contributed by atoms with Gasteiger partial charge in [0.05, 0.1) is 5.69 Å². The van der Waals surface area contributed by atoms with Crippen molar-refractivity contribution < 1.29 is 9.90 Å². The molecule has 0 radical (unpaired) electrons. The lowest BCUT2D eigenvalue weighted by Crippen LogP contribution is -2.44. The third-order valence-corrected chi connectivity index (χ3v) is 6.15. The van der Waals surface area contributed by atoms with Crippen LogP contribution in [0.25, 0.3) is 0 Å². The molecule has 0 aliphatic heterocycles. The molecule has 20 heavy (non-hydrogen) atoms. The minimum Gasteiger partial charge on any atom is -0.475 e. The number of carboxylic acids is 1. The summed E-state index contributed by atoms with van der Waals surface area (Å²) in [7, 11) is 1.82. The van der Waals surface area contributed by atoms with Gasteiger partial charge in [-0.25, -0.2) is 9.78 Å². The maximum atomic E-state index is 11.3. The van der Waals surface area contributed by atoms with Gasteiger partial charge in [-0.05, 0) is 62.7 Å². The highest BCUT2D eigenvalue weighted by molar-refractivity contribution is 5.83. The lowest BCUT2D eigenvalue weighted by atomic mass is 9.51. The Morgan fingerprint density at radius 1 is 1.15 bits per heavy atom. The molecule has 1 N–H and O–H groups in total. The van der Waals surface area contributed by atoms with Crippen LogP contribution in [0.1, 0.15) is 60.0 Å². The molecule has 0 amide bonds. The Balaban J connectivity index is 1.74. The Morgan fingerprint density at radius 2 is 1.70 bits per heavy atom. The highest BCUT2D eigenvalue weighted by atomic mass is 16.4. The molecule has 108 valence electrons. The average molecular weight is 274 g/mol. The largest absolute Gasteiger partial charge is 0.475 e. The lowest BCUT2D eigenvalue weighted by molar-refractivity contribution is -0.00432. The molecule has 0 aromatic carbocycles. The fourth-order valence-corrected chi connectivity index (χ4v) is 5.48. The summed E-state index contributed by atoms with van der Waals surface area (Å²) >= 11 is 0. The fourth-order valence-electron chi connectivity index (χ4n) is 5.48. The summed E-state index contributed by atoms with van der Waals surface area (Å²) in [6.45, 7) is 2.03. The molecule has 0 atom stereocenters. The van der Waals surface area contributed by atoms with Gasteiger partial charge in [0.2, 0.25) is 5.82 Å². The zero-order valence-electron chi connectivity index (χ0n) is 12.2. The summed E-state index contributed by atoms with van der Waals surface area (Å²) in [5, 5.41) is 9.27. The van der Waals surface area contributed by atoms with E-state index >= 15 is 0 Å². The van der Waals surface area contributed by atoms with Crippen molar-refractivity contribution in [2.24, 2.45) is 30.7 Å². The number of aromatic nitrogens is 2.